The van der Waals surface area contributed by atoms with Crippen molar-refractivity contribution in [1.29, 1.82) is 5.26 Å². The predicted molar refractivity (Wildman–Crippen MR) is 73.6 cm³/mol. The molecule has 2 aromatic rings. The Kier molecular flexibility index (Phi) is 4.80. The zero-order chi connectivity index (χ0) is 14.4. The van der Waals surface area contributed by atoms with Crippen LogP contribution < -0.4 is 9.47 Å². The van der Waals surface area contributed by atoms with Gasteiger partial charge >= 0.3 is 0 Å². The van der Waals surface area contributed by atoms with E-state index >= 15 is 0 Å². The van der Waals surface area contributed by atoms with Crippen molar-refractivity contribution in [2.45, 2.75) is 0 Å². The molecule has 20 heavy (non-hydrogen) atoms. The fraction of sp³-hybridized carbons (Fsp3) is 0.133. The van der Waals surface area contributed by atoms with Crippen molar-refractivity contribution >= 4 is 11.6 Å². The van der Waals surface area contributed by atoms with Gasteiger partial charge in [0.1, 0.15) is 19.0 Å². The van der Waals surface area contributed by atoms with E-state index in [9.17, 15) is 4.39 Å². The monoisotopic (exact) mass is 291 g/mol. The van der Waals surface area contributed by atoms with Gasteiger partial charge in [-0.25, -0.2) is 4.39 Å². The largest absolute Gasteiger partial charge is 0.490 e. The van der Waals surface area contributed by atoms with Crippen LogP contribution in [0.15, 0.2) is 42.5 Å². The molecule has 102 valence electrons. The molecule has 0 heterocycles. The first kappa shape index (κ1) is 14.2. The third-order valence-corrected chi connectivity index (χ3v) is 2.80. The molecule has 5 heteroatoms. The van der Waals surface area contributed by atoms with Gasteiger partial charge in [0.2, 0.25) is 0 Å². The summed E-state index contributed by atoms with van der Waals surface area (Å²) >= 11 is 5.64. The second kappa shape index (κ2) is 6.78. The van der Waals surface area contributed by atoms with Gasteiger partial charge in [0.25, 0.3) is 0 Å². The molecule has 2 aromatic carbocycles. The molecular formula is C15H11ClFNO2. The van der Waals surface area contributed by atoms with Crippen molar-refractivity contribution < 1.29 is 13.9 Å². The van der Waals surface area contributed by atoms with Crippen LogP contribution in [0.2, 0.25) is 5.02 Å². The summed E-state index contributed by atoms with van der Waals surface area (Å²) in [4.78, 5) is 0. The van der Waals surface area contributed by atoms with Crippen LogP contribution in [-0.2, 0) is 0 Å². The number of halogens is 2. The van der Waals surface area contributed by atoms with Gasteiger partial charge in [-0.3, -0.25) is 0 Å². The molecule has 0 aromatic heterocycles. The lowest BCUT2D eigenvalue weighted by Crippen LogP contribution is -2.09. The van der Waals surface area contributed by atoms with Gasteiger partial charge in [0.05, 0.1) is 16.7 Å². The van der Waals surface area contributed by atoms with E-state index < -0.39 is 5.82 Å². The minimum Gasteiger partial charge on any atom is -0.490 e. The summed E-state index contributed by atoms with van der Waals surface area (Å²) in [6, 6.07) is 13.3. The summed E-state index contributed by atoms with van der Waals surface area (Å²) < 4.78 is 24.2. The van der Waals surface area contributed by atoms with Crippen LogP contribution in [0.4, 0.5) is 4.39 Å². The van der Waals surface area contributed by atoms with Crippen LogP contribution in [0.5, 0.6) is 11.5 Å². The molecule has 0 aliphatic rings. The summed E-state index contributed by atoms with van der Waals surface area (Å²) in [5, 5.41) is 8.68. The molecule has 0 fully saturated rings. The Labute approximate surface area is 121 Å². The highest BCUT2D eigenvalue weighted by Gasteiger charge is 2.06. The van der Waals surface area contributed by atoms with Crippen molar-refractivity contribution in [3.8, 4) is 17.6 Å². The Morgan fingerprint density at radius 1 is 1.05 bits per heavy atom. The zero-order valence-electron chi connectivity index (χ0n) is 10.5. The molecule has 0 atom stereocenters. The maximum absolute atomic E-state index is 13.5. The lowest BCUT2D eigenvalue weighted by atomic mass is 10.2. The molecule has 0 aliphatic carbocycles. The topological polar surface area (TPSA) is 42.2 Å². The van der Waals surface area contributed by atoms with Crippen molar-refractivity contribution in [1.82, 2.24) is 0 Å². The molecule has 2 rings (SSSR count). The van der Waals surface area contributed by atoms with Gasteiger partial charge in [-0.2, -0.15) is 5.26 Å². The number of hydrogen-bond acceptors (Lipinski definition) is 3. The smallest absolute Gasteiger partial charge is 0.183 e. The fourth-order valence-corrected chi connectivity index (χ4v) is 1.70. The molecule has 0 saturated heterocycles. The summed E-state index contributed by atoms with van der Waals surface area (Å²) in [5.41, 5.74) is 0.564. The molecule has 0 radical (unpaired) electrons. The number of nitriles is 1. The number of hydrogen-bond donors (Lipinski definition) is 0. The molecule has 0 spiro atoms. The van der Waals surface area contributed by atoms with E-state index in [0.29, 0.717) is 11.3 Å². The quantitative estimate of drug-likeness (QED) is 0.787. The Morgan fingerprint density at radius 3 is 2.45 bits per heavy atom. The second-order valence-corrected chi connectivity index (χ2v) is 4.29. The van der Waals surface area contributed by atoms with Gasteiger partial charge in [-0.15, -0.1) is 0 Å². The number of ether oxygens (including phenoxy) is 2. The SMILES string of the molecule is N#Cc1ccc(OCCOc2cccc(Cl)c2F)cc1. The van der Waals surface area contributed by atoms with Crippen molar-refractivity contribution in [2.75, 3.05) is 13.2 Å². The molecule has 0 bridgehead atoms. The average Bonchev–Trinajstić information content (AvgIpc) is 2.48. The first-order valence-electron chi connectivity index (χ1n) is 5.90. The maximum Gasteiger partial charge on any atom is 0.183 e. The Balaban J connectivity index is 1.81. The zero-order valence-corrected chi connectivity index (χ0v) is 11.2. The van der Waals surface area contributed by atoms with E-state index in [1.54, 1.807) is 30.3 Å². The van der Waals surface area contributed by atoms with E-state index in [0.717, 1.165) is 0 Å². The lowest BCUT2D eigenvalue weighted by molar-refractivity contribution is 0.211. The summed E-state index contributed by atoms with van der Waals surface area (Å²) in [6.45, 7) is 0.453. The van der Waals surface area contributed by atoms with Crippen LogP contribution in [0.3, 0.4) is 0 Å². The number of nitrogens with zero attached hydrogens (tertiary/aromatic N) is 1. The third-order valence-electron chi connectivity index (χ3n) is 2.51. The Bertz CT molecular complexity index is 623. The fourth-order valence-electron chi connectivity index (χ4n) is 1.53. The molecule has 0 N–H and O–H groups in total. The van der Waals surface area contributed by atoms with Crippen LogP contribution in [0.25, 0.3) is 0 Å². The summed E-state index contributed by atoms with van der Waals surface area (Å²) in [5.74, 6) is 0.146. The summed E-state index contributed by atoms with van der Waals surface area (Å²) in [7, 11) is 0. The predicted octanol–water partition coefficient (Wildman–Crippen LogP) is 3.81. The highest BCUT2D eigenvalue weighted by Crippen LogP contribution is 2.23. The molecular weight excluding hydrogens is 281 g/mol. The van der Waals surface area contributed by atoms with Gasteiger partial charge in [0, 0.05) is 0 Å². The second-order valence-electron chi connectivity index (χ2n) is 3.89. The number of benzene rings is 2. The minimum atomic E-state index is -0.576. The first-order chi connectivity index (χ1) is 9.70. The van der Waals surface area contributed by atoms with Crippen molar-refractivity contribution in [3.63, 3.8) is 0 Å². The average molecular weight is 292 g/mol. The van der Waals surface area contributed by atoms with E-state index in [4.69, 9.17) is 26.3 Å². The third kappa shape index (κ3) is 3.62. The van der Waals surface area contributed by atoms with E-state index in [-0.39, 0.29) is 24.0 Å². The Morgan fingerprint density at radius 2 is 1.75 bits per heavy atom. The van der Waals surface area contributed by atoms with Gasteiger partial charge < -0.3 is 9.47 Å². The highest BCUT2D eigenvalue weighted by atomic mass is 35.5. The first-order valence-corrected chi connectivity index (χ1v) is 6.28. The molecule has 0 saturated carbocycles. The van der Waals surface area contributed by atoms with Crippen molar-refractivity contribution in [3.05, 3.63) is 58.9 Å². The molecule has 0 aliphatic heterocycles. The van der Waals surface area contributed by atoms with Crippen molar-refractivity contribution in [2.24, 2.45) is 0 Å². The van der Waals surface area contributed by atoms with Crippen LogP contribution in [0, 0.1) is 17.1 Å². The minimum absolute atomic E-state index is 0.0236. The molecule has 3 nitrogen and oxygen atoms in total. The van der Waals surface area contributed by atoms with E-state index in [1.165, 1.54) is 12.1 Å². The maximum atomic E-state index is 13.5. The molecule has 0 unspecified atom stereocenters. The van der Waals surface area contributed by atoms with Crippen LogP contribution >= 0.6 is 11.6 Å². The molecule has 0 amide bonds. The van der Waals surface area contributed by atoms with Gasteiger partial charge in [-0.1, -0.05) is 17.7 Å². The van der Waals surface area contributed by atoms with E-state index in [2.05, 4.69) is 0 Å². The van der Waals surface area contributed by atoms with Gasteiger partial charge in [-0.05, 0) is 36.4 Å². The van der Waals surface area contributed by atoms with Gasteiger partial charge in [0.15, 0.2) is 11.6 Å². The normalized spacial score (nSPS) is 9.85. The summed E-state index contributed by atoms with van der Waals surface area (Å²) in [6.07, 6.45) is 0. The van der Waals surface area contributed by atoms with Crippen LogP contribution in [0.1, 0.15) is 5.56 Å². The standard InChI is InChI=1S/C15H11ClFNO2/c16-13-2-1-3-14(15(13)17)20-9-8-19-12-6-4-11(10-18)5-7-12/h1-7H,8-9H2. The number of rotatable bonds is 5. The van der Waals surface area contributed by atoms with Crippen LogP contribution in [-0.4, -0.2) is 13.2 Å². The van der Waals surface area contributed by atoms with E-state index in [1.807, 2.05) is 6.07 Å². The highest BCUT2D eigenvalue weighted by molar-refractivity contribution is 6.30. The lowest BCUT2D eigenvalue weighted by Gasteiger charge is -2.09. The Hall–Kier alpha value is -2.25.